The second-order valence-electron chi connectivity index (χ2n) is 5.02. The second-order valence-corrected chi connectivity index (χ2v) is 5.02. The molecule has 2 aromatic heterocycles. The van der Waals surface area contributed by atoms with Crippen LogP contribution in [0.5, 0.6) is 5.75 Å². The normalized spacial score (nSPS) is 10.4. The van der Waals surface area contributed by atoms with Crippen molar-refractivity contribution in [3.63, 3.8) is 0 Å². The van der Waals surface area contributed by atoms with Gasteiger partial charge in [-0.2, -0.15) is 0 Å². The predicted molar refractivity (Wildman–Crippen MR) is 87.3 cm³/mol. The molecule has 0 aliphatic rings. The minimum Gasteiger partial charge on any atom is -0.423 e. The van der Waals surface area contributed by atoms with E-state index in [0.717, 1.165) is 17.5 Å². The first-order chi connectivity index (χ1) is 11.8. The van der Waals surface area contributed by atoms with Gasteiger partial charge in [0.25, 0.3) is 0 Å². The van der Waals surface area contributed by atoms with E-state index in [2.05, 4.69) is 20.5 Å². The Bertz CT molecular complexity index is 818. The van der Waals surface area contributed by atoms with Crippen molar-refractivity contribution in [3.05, 3.63) is 49.0 Å². The third kappa shape index (κ3) is 3.75. The van der Waals surface area contributed by atoms with Crippen molar-refractivity contribution >= 4 is 6.09 Å². The van der Waals surface area contributed by atoms with E-state index in [1.807, 2.05) is 19.1 Å². The highest BCUT2D eigenvalue weighted by Gasteiger charge is 2.09. The number of carbonyl (C=O) groups is 1. The highest BCUT2D eigenvalue weighted by molar-refractivity contribution is 5.72. The van der Waals surface area contributed by atoms with Crippen molar-refractivity contribution in [2.45, 2.75) is 13.3 Å². The number of rotatable bonds is 5. The van der Waals surface area contributed by atoms with Crippen molar-refractivity contribution in [2.75, 3.05) is 6.54 Å². The van der Waals surface area contributed by atoms with E-state index in [-0.39, 0.29) is 0 Å². The number of carbonyl (C=O) groups excluding carboxylic acids is 1. The van der Waals surface area contributed by atoms with Gasteiger partial charge in [0, 0.05) is 23.9 Å². The largest absolute Gasteiger partial charge is 0.423 e. The Hall–Kier alpha value is -3.22. The highest BCUT2D eigenvalue weighted by Crippen LogP contribution is 2.25. The van der Waals surface area contributed by atoms with E-state index in [4.69, 9.17) is 9.15 Å². The number of hydrogen-bond donors (Lipinski definition) is 1. The van der Waals surface area contributed by atoms with Crippen molar-refractivity contribution in [1.29, 1.82) is 0 Å². The quantitative estimate of drug-likeness (QED) is 0.774. The molecule has 3 aromatic rings. The number of hydrogen-bond acceptors (Lipinski definition) is 6. The molecular formula is C17H16N4O3. The fourth-order valence-corrected chi connectivity index (χ4v) is 2.11. The summed E-state index contributed by atoms with van der Waals surface area (Å²) in [7, 11) is 0. The van der Waals surface area contributed by atoms with Crippen LogP contribution in [-0.4, -0.2) is 27.8 Å². The molecule has 0 aliphatic heterocycles. The molecule has 0 fully saturated rings. The summed E-state index contributed by atoms with van der Waals surface area (Å²) in [6, 6.07) is 10.8. The monoisotopic (exact) mass is 324 g/mol. The van der Waals surface area contributed by atoms with Crippen LogP contribution in [0.2, 0.25) is 0 Å². The molecule has 122 valence electrons. The lowest BCUT2D eigenvalue weighted by Gasteiger charge is -2.07. The fourth-order valence-electron chi connectivity index (χ4n) is 2.11. The van der Waals surface area contributed by atoms with E-state index in [1.54, 1.807) is 30.5 Å². The first kappa shape index (κ1) is 15.7. The number of ether oxygens (including phenoxy) is 1. The number of nitrogens with zero attached hydrogens (tertiary/aromatic N) is 3. The molecule has 7 heteroatoms. The Morgan fingerprint density at radius 2 is 2.17 bits per heavy atom. The van der Waals surface area contributed by atoms with Gasteiger partial charge in [-0.05, 0) is 30.7 Å². The van der Waals surface area contributed by atoms with Gasteiger partial charge in [-0.15, -0.1) is 10.2 Å². The third-order valence-corrected chi connectivity index (χ3v) is 3.23. The topological polar surface area (TPSA) is 90.1 Å². The van der Waals surface area contributed by atoms with E-state index >= 15 is 0 Å². The van der Waals surface area contributed by atoms with Gasteiger partial charge in [-0.1, -0.05) is 19.1 Å². The van der Waals surface area contributed by atoms with Crippen molar-refractivity contribution < 1.29 is 13.9 Å². The molecule has 0 aliphatic carbocycles. The van der Waals surface area contributed by atoms with E-state index in [0.29, 0.717) is 23.9 Å². The molecule has 0 saturated carbocycles. The van der Waals surface area contributed by atoms with Gasteiger partial charge in [0.1, 0.15) is 5.75 Å². The second kappa shape index (κ2) is 7.36. The zero-order chi connectivity index (χ0) is 16.8. The average Bonchev–Trinajstić information content (AvgIpc) is 3.15. The summed E-state index contributed by atoms with van der Waals surface area (Å²) in [4.78, 5) is 16.0. The van der Waals surface area contributed by atoms with Crippen LogP contribution in [0, 0.1) is 0 Å². The molecule has 0 unspecified atom stereocenters. The Kier molecular flexibility index (Phi) is 4.81. The first-order valence-electron chi connectivity index (χ1n) is 7.55. The summed E-state index contributed by atoms with van der Waals surface area (Å²) in [5.74, 6) is 0.871. The van der Waals surface area contributed by atoms with E-state index in [1.165, 1.54) is 6.39 Å². The van der Waals surface area contributed by atoms with Crippen LogP contribution in [0.25, 0.3) is 22.7 Å². The summed E-state index contributed by atoms with van der Waals surface area (Å²) < 4.78 is 10.5. The molecule has 0 spiro atoms. The lowest BCUT2D eigenvalue weighted by Crippen LogP contribution is -2.27. The van der Waals surface area contributed by atoms with Crippen LogP contribution in [0.1, 0.15) is 13.3 Å². The number of nitrogens with one attached hydrogen (secondary N) is 1. The molecule has 0 saturated heterocycles. The summed E-state index contributed by atoms with van der Waals surface area (Å²) in [6.45, 7) is 2.55. The van der Waals surface area contributed by atoms with Gasteiger partial charge >= 0.3 is 6.09 Å². The number of amides is 1. The lowest BCUT2D eigenvalue weighted by molar-refractivity contribution is 0.200. The van der Waals surface area contributed by atoms with Crippen LogP contribution < -0.4 is 10.1 Å². The molecule has 24 heavy (non-hydrogen) atoms. The van der Waals surface area contributed by atoms with Crippen molar-refractivity contribution in [3.8, 4) is 28.5 Å². The van der Waals surface area contributed by atoms with Crippen LogP contribution in [0.15, 0.2) is 53.4 Å². The molecule has 2 heterocycles. The number of benzene rings is 1. The Balaban J connectivity index is 1.81. The smallest absolute Gasteiger partial charge is 0.412 e. The third-order valence-electron chi connectivity index (χ3n) is 3.23. The van der Waals surface area contributed by atoms with Crippen LogP contribution in [-0.2, 0) is 0 Å². The average molecular weight is 324 g/mol. The number of pyridine rings is 1. The highest BCUT2D eigenvalue weighted by atomic mass is 16.6. The van der Waals surface area contributed by atoms with Gasteiger partial charge < -0.3 is 14.5 Å². The van der Waals surface area contributed by atoms with Crippen LogP contribution >= 0.6 is 0 Å². The van der Waals surface area contributed by atoms with Gasteiger partial charge in [0.05, 0.1) is 5.69 Å². The maximum absolute atomic E-state index is 11.7. The van der Waals surface area contributed by atoms with Crippen molar-refractivity contribution in [1.82, 2.24) is 20.5 Å². The summed E-state index contributed by atoms with van der Waals surface area (Å²) in [6.07, 6.45) is 3.32. The molecule has 1 aromatic carbocycles. The van der Waals surface area contributed by atoms with Gasteiger partial charge in [0.15, 0.2) is 0 Å². The van der Waals surface area contributed by atoms with Gasteiger partial charge in [-0.25, -0.2) is 4.79 Å². The van der Waals surface area contributed by atoms with Crippen molar-refractivity contribution in [2.24, 2.45) is 0 Å². The molecule has 3 rings (SSSR count). The maximum Gasteiger partial charge on any atom is 0.412 e. The Morgan fingerprint density at radius 1 is 1.25 bits per heavy atom. The summed E-state index contributed by atoms with van der Waals surface area (Å²) in [5, 5.41) is 10.2. The van der Waals surface area contributed by atoms with Gasteiger partial charge in [-0.3, -0.25) is 4.98 Å². The standard InChI is InChI=1S/C17H16N4O3/c1-2-7-19-17(22)24-14-5-3-4-12(9-14)15-10-13(6-8-18-15)16-21-20-11-23-16/h3-6,8-11H,2,7H2,1H3,(H,19,22). The fraction of sp³-hybridized carbons (Fsp3) is 0.176. The summed E-state index contributed by atoms with van der Waals surface area (Å²) >= 11 is 0. The molecule has 0 atom stereocenters. The molecule has 7 nitrogen and oxygen atoms in total. The summed E-state index contributed by atoms with van der Waals surface area (Å²) in [5.41, 5.74) is 2.30. The van der Waals surface area contributed by atoms with E-state index in [9.17, 15) is 4.79 Å². The lowest BCUT2D eigenvalue weighted by atomic mass is 10.1. The molecular weight excluding hydrogens is 308 g/mol. The van der Waals surface area contributed by atoms with Crippen LogP contribution in [0.4, 0.5) is 4.79 Å². The molecule has 1 N–H and O–H groups in total. The zero-order valence-electron chi connectivity index (χ0n) is 13.1. The minimum atomic E-state index is -0.471. The Morgan fingerprint density at radius 3 is 2.96 bits per heavy atom. The zero-order valence-corrected chi connectivity index (χ0v) is 13.1. The van der Waals surface area contributed by atoms with E-state index < -0.39 is 6.09 Å². The van der Waals surface area contributed by atoms with Gasteiger partial charge in [0.2, 0.25) is 12.3 Å². The first-order valence-corrected chi connectivity index (χ1v) is 7.55. The molecule has 0 radical (unpaired) electrons. The van der Waals surface area contributed by atoms with Crippen LogP contribution in [0.3, 0.4) is 0 Å². The molecule has 0 bridgehead atoms. The minimum absolute atomic E-state index is 0.421. The predicted octanol–water partition coefficient (Wildman–Crippen LogP) is 3.30. The molecule has 1 amide bonds. The number of aromatic nitrogens is 3. The SMILES string of the molecule is CCCNC(=O)Oc1cccc(-c2cc(-c3nnco3)ccn2)c1. The Labute approximate surface area is 138 Å². The maximum atomic E-state index is 11.7.